The van der Waals surface area contributed by atoms with E-state index in [1.165, 1.54) is 18.3 Å². The lowest BCUT2D eigenvalue weighted by molar-refractivity contribution is 0.0956. The van der Waals surface area contributed by atoms with Gasteiger partial charge in [0.15, 0.2) is 0 Å². The minimum Gasteiger partial charge on any atom is -0.267 e. The highest BCUT2D eigenvalue weighted by Gasteiger charge is 2.13. The maximum atomic E-state index is 13.3. The van der Waals surface area contributed by atoms with Gasteiger partial charge in [-0.1, -0.05) is 60.2 Å². The van der Waals surface area contributed by atoms with E-state index >= 15 is 0 Å². The van der Waals surface area contributed by atoms with Crippen LogP contribution in [0.3, 0.4) is 0 Å². The molecule has 0 aliphatic carbocycles. The maximum Gasteiger partial charge on any atom is 0.272 e. The number of hydrogen-bond donors (Lipinski definition) is 1. The Morgan fingerprint density at radius 2 is 1.79 bits per heavy atom. The number of nitrogens with one attached hydrogen (secondary N) is 1. The third-order valence-electron chi connectivity index (χ3n) is 4.54. The molecule has 4 rings (SSSR count). The summed E-state index contributed by atoms with van der Waals surface area (Å²) in [5.74, 6) is -0.715. The van der Waals surface area contributed by atoms with Gasteiger partial charge in [0.25, 0.3) is 5.91 Å². The van der Waals surface area contributed by atoms with E-state index in [0.717, 1.165) is 22.0 Å². The lowest BCUT2D eigenvalue weighted by atomic mass is 10.0. The first-order chi connectivity index (χ1) is 14.1. The minimum absolute atomic E-state index is 0.357. The molecule has 0 fully saturated rings. The van der Waals surface area contributed by atoms with Crippen molar-refractivity contribution < 1.29 is 9.18 Å². The molecule has 4 nitrogen and oxygen atoms in total. The number of amides is 1. The van der Waals surface area contributed by atoms with Crippen molar-refractivity contribution in [1.82, 2.24) is 10.4 Å². The zero-order valence-electron chi connectivity index (χ0n) is 15.8. The molecular weight excluding hydrogens is 365 g/mol. The summed E-state index contributed by atoms with van der Waals surface area (Å²) in [6, 6.07) is 23.2. The highest BCUT2D eigenvalue weighted by Crippen LogP contribution is 2.25. The predicted octanol–water partition coefficient (Wildman–Crippen LogP) is 5.11. The third-order valence-corrected chi connectivity index (χ3v) is 4.54. The van der Waals surface area contributed by atoms with Crippen LogP contribution in [0.15, 0.2) is 84.0 Å². The summed E-state index contributed by atoms with van der Waals surface area (Å²) in [7, 11) is 0. The Morgan fingerprint density at radius 1 is 1.00 bits per heavy atom. The Hall–Kier alpha value is -3.86. The zero-order chi connectivity index (χ0) is 20.2. The summed E-state index contributed by atoms with van der Waals surface area (Å²) in [5, 5.41) is 4.71. The van der Waals surface area contributed by atoms with E-state index in [1.54, 1.807) is 18.2 Å². The summed E-state index contributed by atoms with van der Waals surface area (Å²) in [6.07, 6.45) is 1.41. The molecule has 1 N–H and O–H groups in total. The van der Waals surface area contributed by atoms with Gasteiger partial charge in [-0.25, -0.2) is 14.8 Å². The maximum absolute atomic E-state index is 13.3. The van der Waals surface area contributed by atoms with Crippen LogP contribution in [-0.4, -0.2) is 17.1 Å². The van der Waals surface area contributed by atoms with Crippen LogP contribution < -0.4 is 5.43 Å². The van der Waals surface area contributed by atoms with Gasteiger partial charge in [0.1, 0.15) is 5.82 Å². The van der Waals surface area contributed by atoms with E-state index in [1.807, 2.05) is 55.5 Å². The molecule has 5 heteroatoms. The molecule has 1 amide bonds. The molecule has 1 heterocycles. The normalized spacial score (nSPS) is 11.1. The van der Waals surface area contributed by atoms with Crippen molar-refractivity contribution in [3.8, 4) is 11.3 Å². The fourth-order valence-electron chi connectivity index (χ4n) is 3.05. The van der Waals surface area contributed by atoms with Gasteiger partial charge >= 0.3 is 0 Å². The first-order valence-electron chi connectivity index (χ1n) is 9.16. The molecule has 0 atom stereocenters. The summed E-state index contributed by atoms with van der Waals surface area (Å²) in [5.41, 5.74) is 7.08. The Morgan fingerprint density at radius 3 is 2.59 bits per heavy atom. The van der Waals surface area contributed by atoms with E-state index in [0.29, 0.717) is 16.8 Å². The first kappa shape index (κ1) is 18.5. The molecule has 0 unspecified atom stereocenters. The lowest BCUT2D eigenvalue weighted by Gasteiger charge is -2.09. The predicted molar refractivity (Wildman–Crippen MR) is 113 cm³/mol. The molecule has 0 radical (unpaired) electrons. The van der Waals surface area contributed by atoms with Crippen LogP contribution >= 0.6 is 0 Å². The molecule has 4 aromatic rings. The van der Waals surface area contributed by atoms with Crippen LogP contribution in [0.1, 0.15) is 21.5 Å². The van der Waals surface area contributed by atoms with E-state index in [-0.39, 0.29) is 11.7 Å². The average Bonchev–Trinajstić information content (AvgIpc) is 2.73. The summed E-state index contributed by atoms with van der Waals surface area (Å²) in [4.78, 5) is 17.5. The fraction of sp³-hybridized carbons (Fsp3) is 0.0417. The van der Waals surface area contributed by atoms with Crippen LogP contribution in [0.25, 0.3) is 22.2 Å². The topological polar surface area (TPSA) is 54.4 Å². The summed E-state index contributed by atoms with van der Waals surface area (Å²) in [6.45, 7) is 2.02. The number of halogens is 1. The number of aromatic nitrogens is 1. The van der Waals surface area contributed by atoms with E-state index in [9.17, 15) is 9.18 Å². The largest absolute Gasteiger partial charge is 0.272 e. The number of hydrazone groups is 1. The van der Waals surface area contributed by atoms with Crippen LogP contribution in [0.2, 0.25) is 0 Å². The van der Waals surface area contributed by atoms with Crippen LogP contribution in [0.5, 0.6) is 0 Å². The Balaban J connectivity index is 1.68. The molecule has 0 saturated heterocycles. The van der Waals surface area contributed by atoms with Gasteiger partial charge in [-0.2, -0.15) is 5.10 Å². The monoisotopic (exact) mass is 383 g/mol. The van der Waals surface area contributed by atoms with Crippen molar-refractivity contribution in [3.63, 3.8) is 0 Å². The molecule has 29 heavy (non-hydrogen) atoms. The number of fused-ring (bicyclic) bond motifs is 1. The quantitative estimate of drug-likeness (QED) is 0.393. The molecule has 0 aliphatic rings. The molecule has 0 aliphatic heterocycles. The Bertz CT molecular complexity index is 1220. The molecule has 142 valence electrons. The van der Waals surface area contributed by atoms with E-state index in [4.69, 9.17) is 4.98 Å². The van der Waals surface area contributed by atoms with Crippen molar-refractivity contribution in [2.24, 2.45) is 5.10 Å². The van der Waals surface area contributed by atoms with Gasteiger partial charge in [-0.3, -0.25) is 4.79 Å². The van der Waals surface area contributed by atoms with Crippen LogP contribution in [0.4, 0.5) is 4.39 Å². The van der Waals surface area contributed by atoms with Crippen molar-refractivity contribution >= 4 is 23.0 Å². The smallest absolute Gasteiger partial charge is 0.267 e. The number of rotatable bonds is 4. The number of pyridine rings is 1. The number of carbonyl (C=O) groups is 1. The van der Waals surface area contributed by atoms with Crippen LogP contribution in [0, 0.1) is 12.7 Å². The molecule has 3 aromatic carbocycles. The van der Waals surface area contributed by atoms with Crippen molar-refractivity contribution in [2.75, 3.05) is 0 Å². The summed E-state index contributed by atoms with van der Waals surface area (Å²) >= 11 is 0. The second kappa shape index (κ2) is 8.02. The number of aryl methyl sites for hydroxylation is 1. The SMILES string of the molecule is Cc1ccc(-c2cc(C(=O)NN=Cc3cccc(F)c3)c3ccccc3n2)cc1. The number of nitrogens with zero attached hydrogens (tertiary/aromatic N) is 2. The second-order valence-corrected chi connectivity index (χ2v) is 6.69. The first-order valence-corrected chi connectivity index (χ1v) is 9.16. The van der Waals surface area contributed by atoms with Gasteiger partial charge in [-0.15, -0.1) is 0 Å². The molecular formula is C24H18FN3O. The zero-order valence-corrected chi connectivity index (χ0v) is 15.8. The highest BCUT2D eigenvalue weighted by atomic mass is 19.1. The lowest BCUT2D eigenvalue weighted by Crippen LogP contribution is -2.18. The number of carbonyl (C=O) groups excluding carboxylic acids is 1. The Kier molecular flexibility index (Phi) is 5.12. The Labute approximate surface area is 167 Å². The average molecular weight is 383 g/mol. The summed E-state index contributed by atoms with van der Waals surface area (Å²) < 4.78 is 13.3. The van der Waals surface area contributed by atoms with Crippen molar-refractivity contribution in [3.05, 3.63) is 101 Å². The van der Waals surface area contributed by atoms with Crippen LogP contribution in [-0.2, 0) is 0 Å². The van der Waals surface area contributed by atoms with E-state index in [2.05, 4.69) is 10.5 Å². The van der Waals surface area contributed by atoms with Gasteiger partial charge in [0.05, 0.1) is 23.0 Å². The number of benzene rings is 3. The molecule has 0 spiro atoms. The third kappa shape index (κ3) is 4.19. The second-order valence-electron chi connectivity index (χ2n) is 6.69. The number of hydrogen-bond acceptors (Lipinski definition) is 3. The van der Waals surface area contributed by atoms with Gasteiger partial charge in [0, 0.05) is 10.9 Å². The van der Waals surface area contributed by atoms with Gasteiger partial charge in [-0.05, 0) is 36.8 Å². The van der Waals surface area contributed by atoms with E-state index < -0.39 is 0 Å². The van der Waals surface area contributed by atoms with Gasteiger partial charge in [0.2, 0.25) is 0 Å². The highest BCUT2D eigenvalue weighted by molar-refractivity contribution is 6.07. The van der Waals surface area contributed by atoms with Crippen molar-refractivity contribution in [2.45, 2.75) is 6.92 Å². The molecule has 1 aromatic heterocycles. The number of para-hydroxylation sites is 1. The van der Waals surface area contributed by atoms with Crippen molar-refractivity contribution in [1.29, 1.82) is 0 Å². The molecule has 0 bridgehead atoms. The standard InChI is InChI=1S/C24H18FN3O/c1-16-9-11-18(12-10-16)23-14-21(20-7-2-3-8-22(20)27-23)24(29)28-26-15-17-5-4-6-19(25)13-17/h2-15H,1H3,(H,28,29). The molecule has 0 saturated carbocycles. The minimum atomic E-state index is -0.358. The van der Waals surface area contributed by atoms with Gasteiger partial charge < -0.3 is 0 Å². The fourth-order valence-corrected chi connectivity index (χ4v) is 3.05.